The van der Waals surface area contributed by atoms with Crippen LogP contribution in [0.5, 0.6) is 17.2 Å². The summed E-state index contributed by atoms with van der Waals surface area (Å²) in [6.07, 6.45) is -6.99. The molecule has 0 fully saturated rings. The monoisotopic (exact) mass is 278 g/mol. The minimum absolute atomic E-state index is 0.0126. The molecule has 0 amide bonds. The fourth-order valence-electron chi connectivity index (χ4n) is 1.42. The van der Waals surface area contributed by atoms with Crippen LogP contribution in [0.2, 0.25) is 0 Å². The first kappa shape index (κ1) is 13.5. The lowest BCUT2D eigenvalue weighted by Gasteiger charge is -2.16. The zero-order valence-electron chi connectivity index (χ0n) is 9.44. The smallest absolute Gasteiger partial charge is 0.417 e. The van der Waals surface area contributed by atoms with E-state index in [-0.39, 0.29) is 23.9 Å². The number of carbonyl (C=O) groups excluding carboxylic acids is 1. The molecule has 0 saturated heterocycles. The summed E-state index contributed by atoms with van der Waals surface area (Å²) in [5.74, 6) is 0.468. The highest BCUT2D eigenvalue weighted by atomic mass is 19.4. The number of hydrogen-bond donors (Lipinski definition) is 1. The maximum atomic E-state index is 12.1. The number of halogens is 3. The molecule has 0 radical (unpaired) electrons. The summed E-state index contributed by atoms with van der Waals surface area (Å²) in [6, 6.07) is 2.54. The molecule has 1 heterocycles. The molecule has 1 aliphatic heterocycles. The molecule has 0 spiro atoms. The summed E-state index contributed by atoms with van der Waals surface area (Å²) in [5, 5.41) is 8.81. The summed E-state index contributed by atoms with van der Waals surface area (Å²) in [5.41, 5.74) is 0.0126. The van der Waals surface area contributed by atoms with Crippen molar-refractivity contribution in [3.05, 3.63) is 17.7 Å². The molecule has 2 rings (SSSR count). The number of alkyl halides is 3. The lowest BCUT2D eigenvalue weighted by atomic mass is 10.2. The Hall–Kier alpha value is -1.96. The number of ether oxygens (including phenoxy) is 3. The molecular weight excluding hydrogens is 269 g/mol. The second kappa shape index (κ2) is 4.96. The molecule has 0 aromatic heterocycles. The first-order chi connectivity index (χ1) is 8.91. The Kier molecular flexibility index (Phi) is 3.52. The van der Waals surface area contributed by atoms with Crippen molar-refractivity contribution in [2.45, 2.75) is 12.3 Å². The molecule has 1 atom stereocenters. The quantitative estimate of drug-likeness (QED) is 0.846. The van der Waals surface area contributed by atoms with E-state index in [9.17, 15) is 18.0 Å². The first-order valence-corrected chi connectivity index (χ1v) is 5.18. The van der Waals surface area contributed by atoms with Crippen molar-refractivity contribution >= 4 is 6.29 Å². The van der Waals surface area contributed by atoms with Gasteiger partial charge in [0.2, 0.25) is 6.79 Å². The highest BCUT2D eigenvalue weighted by molar-refractivity contribution is 5.81. The molecule has 1 aromatic carbocycles. The van der Waals surface area contributed by atoms with Gasteiger partial charge in [-0.2, -0.15) is 13.2 Å². The van der Waals surface area contributed by atoms with Gasteiger partial charge in [-0.15, -0.1) is 0 Å². The number of rotatable bonds is 4. The Labute approximate surface area is 105 Å². The third kappa shape index (κ3) is 2.90. The lowest BCUT2D eigenvalue weighted by molar-refractivity contribution is -0.210. The maximum Gasteiger partial charge on any atom is 0.417 e. The standard InChI is InChI=1S/C11H9F3O5/c12-11(13,14)10(16)4-17-7-2-9-8(18-5-19-9)1-6(7)3-15/h1-3,10,16H,4-5H2. The Morgan fingerprint density at radius 2 is 2.00 bits per heavy atom. The fraction of sp³-hybridized carbons (Fsp3) is 0.364. The second-order valence-corrected chi connectivity index (χ2v) is 3.73. The maximum absolute atomic E-state index is 12.1. The summed E-state index contributed by atoms with van der Waals surface area (Å²) in [4.78, 5) is 10.8. The van der Waals surface area contributed by atoms with Gasteiger partial charge < -0.3 is 19.3 Å². The third-order valence-corrected chi connectivity index (χ3v) is 2.41. The Morgan fingerprint density at radius 1 is 1.37 bits per heavy atom. The number of hydrogen-bond acceptors (Lipinski definition) is 5. The van der Waals surface area contributed by atoms with E-state index < -0.39 is 18.9 Å². The van der Waals surface area contributed by atoms with Crippen LogP contribution in [0.25, 0.3) is 0 Å². The van der Waals surface area contributed by atoms with Gasteiger partial charge in [0, 0.05) is 6.07 Å². The van der Waals surface area contributed by atoms with Crippen LogP contribution in [0.1, 0.15) is 10.4 Å². The molecule has 0 saturated carbocycles. The molecule has 0 bridgehead atoms. The van der Waals surface area contributed by atoms with Gasteiger partial charge in [-0.25, -0.2) is 0 Å². The van der Waals surface area contributed by atoms with Crippen molar-refractivity contribution in [3.63, 3.8) is 0 Å². The third-order valence-electron chi connectivity index (χ3n) is 2.41. The van der Waals surface area contributed by atoms with Gasteiger partial charge in [0.05, 0.1) is 5.56 Å². The predicted molar refractivity (Wildman–Crippen MR) is 55.5 cm³/mol. The minimum Gasteiger partial charge on any atom is -0.490 e. The van der Waals surface area contributed by atoms with E-state index in [1.165, 1.54) is 12.1 Å². The van der Waals surface area contributed by atoms with Gasteiger partial charge in [0.15, 0.2) is 23.9 Å². The average Bonchev–Trinajstić information content (AvgIpc) is 2.80. The van der Waals surface area contributed by atoms with Gasteiger partial charge in [0.1, 0.15) is 12.4 Å². The number of aliphatic hydroxyl groups is 1. The molecule has 104 valence electrons. The number of carbonyl (C=O) groups is 1. The van der Waals surface area contributed by atoms with Gasteiger partial charge in [-0.3, -0.25) is 4.79 Å². The largest absolute Gasteiger partial charge is 0.490 e. The summed E-state index contributed by atoms with van der Waals surface area (Å²) in [7, 11) is 0. The highest BCUT2D eigenvalue weighted by Gasteiger charge is 2.38. The van der Waals surface area contributed by atoms with Crippen LogP contribution >= 0.6 is 0 Å². The highest BCUT2D eigenvalue weighted by Crippen LogP contribution is 2.37. The molecule has 1 unspecified atom stereocenters. The van der Waals surface area contributed by atoms with Crippen LogP contribution in [-0.2, 0) is 0 Å². The topological polar surface area (TPSA) is 65.0 Å². The summed E-state index contributed by atoms with van der Waals surface area (Å²) >= 11 is 0. The van der Waals surface area contributed by atoms with Crippen molar-refractivity contribution < 1.29 is 37.3 Å². The Balaban J connectivity index is 2.14. The van der Waals surface area contributed by atoms with Crippen LogP contribution in [0.3, 0.4) is 0 Å². The molecule has 19 heavy (non-hydrogen) atoms. The van der Waals surface area contributed by atoms with Crippen molar-refractivity contribution in [2.75, 3.05) is 13.4 Å². The zero-order chi connectivity index (χ0) is 14.0. The average molecular weight is 278 g/mol. The molecule has 1 aromatic rings. The minimum atomic E-state index is -4.78. The van der Waals surface area contributed by atoms with Crippen LogP contribution in [0.4, 0.5) is 13.2 Å². The van der Waals surface area contributed by atoms with E-state index in [4.69, 9.17) is 19.3 Å². The number of aliphatic hydroxyl groups excluding tert-OH is 1. The molecule has 1 aliphatic rings. The molecule has 1 N–H and O–H groups in total. The predicted octanol–water partition coefficient (Wildman–Crippen LogP) is 1.53. The van der Waals surface area contributed by atoms with E-state index in [0.29, 0.717) is 12.0 Å². The van der Waals surface area contributed by atoms with Crippen molar-refractivity contribution in [2.24, 2.45) is 0 Å². The van der Waals surface area contributed by atoms with E-state index in [2.05, 4.69) is 0 Å². The van der Waals surface area contributed by atoms with Crippen LogP contribution in [0, 0.1) is 0 Å². The van der Waals surface area contributed by atoms with E-state index in [1.54, 1.807) is 0 Å². The number of benzene rings is 1. The molecule has 0 aliphatic carbocycles. The SMILES string of the molecule is O=Cc1cc2c(cc1OCC(O)C(F)(F)F)OCO2. The van der Waals surface area contributed by atoms with Gasteiger partial charge >= 0.3 is 6.18 Å². The van der Waals surface area contributed by atoms with Crippen LogP contribution < -0.4 is 14.2 Å². The summed E-state index contributed by atoms with van der Waals surface area (Å²) < 4.78 is 51.2. The number of fused-ring (bicyclic) bond motifs is 1. The van der Waals surface area contributed by atoms with Crippen LogP contribution in [-0.4, -0.2) is 37.1 Å². The molecule has 5 nitrogen and oxygen atoms in total. The number of aldehydes is 1. The Morgan fingerprint density at radius 3 is 2.58 bits per heavy atom. The zero-order valence-corrected chi connectivity index (χ0v) is 9.44. The van der Waals surface area contributed by atoms with Crippen molar-refractivity contribution in [3.8, 4) is 17.2 Å². The fourth-order valence-corrected chi connectivity index (χ4v) is 1.42. The first-order valence-electron chi connectivity index (χ1n) is 5.18. The van der Waals surface area contributed by atoms with Gasteiger partial charge in [-0.1, -0.05) is 0 Å². The Bertz CT molecular complexity index is 486. The van der Waals surface area contributed by atoms with E-state index in [1.807, 2.05) is 0 Å². The lowest BCUT2D eigenvalue weighted by Crippen LogP contribution is -2.34. The van der Waals surface area contributed by atoms with Crippen LogP contribution in [0.15, 0.2) is 12.1 Å². The van der Waals surface area contributed by atoms with E-state index in [0.717, 1.165) is 0 Å². The second-order valence-electron chi connectivity index (χ2n) is 3.73. The van der Waals surface area contributed by atoms with Crippen molar-refractivity contribution in [1.29, 1.82) is 0 Å². The van der Waals surface area contributed by atoms with Gasteiger partial charge in [-0.05, 0) is 6.07 Å². The van der Waals surface area contributed by atoms with E-state index >= 15 is 0 Å². The normalized spacial score (nSPS) is 15.2. The molecular formula is C11H9F3O5. The summed E-state index contributed by atoms with van der Waals surface area (Å²) in [6.45, 7) is -1.05. The molecule has 8 heteroatoms. The van der Waals surface area contributed by atoms with Crippen molar-refractivity contribution in [1.82, 2.24) is 0 Å². The van der Waals surface area contributed by atoms with Gasteiger partial charge in [0.25, 0.3) is 0 Å².